The van der Waals surface area contributed by atoms with E-state index in [0.29, 0.717) is 0 Å². The first-order chi connectivity index (χ1) is 13.5. The van der Waals surface area contributed by atoms with Gasteiger partial charge in [-0.1, -0.05) is 6.07 Å². The molecule has 3 saturated heterocycles. The van der Waals surface area contributed by atoms with Gasteiger partial charge in [-0.2, -0.15) is 0 Å². The summed E-state index contributed by atoms with van der Waals surface area (Å²) in [5.74, 6) is 0.176. The van der Waals surface area contributed by atoms with Crippen LogP contribution in [0.1, 0.15) is 55.8 Å². The van der Waals surface area contributed by atoms with E-state index in [4.69, 9.17) is 0 Å². The van der Waals surface area contributed by atoms with Gasteiger partial charge in [0.1, 0.15) is 0 Å². The van der Waals surface area contributed by atoms with E-state index in [-0.39, 0.29) is 23.4 Å². The number of carbonyl (C=O) groups is 2. The van der Waals surface area contributed by atoms with Crippen LogP contribution in [0.5, 0.6) is 0 Å². The fourth-order valence-electron chi connectivity index (χ4n) is 5.03. The first-order valence-corrected chi connectivity index (χ1v) is 10.7. The van der Waals surface area contributed by atoms with Crippen molar-refractivity contribution in [2.45, 2.75) is 57.0 Å². The summed E-state index contributed by atoms with van der Waals surface area (Å²) in [6.07, 6.45) is 6.62. The number of likely N-dealkylation sites (tertiary alicyclic amines) is 1. The molecule has 1 aromatic rings. The number of rotatable bonds is 3. The molecule has 2 amide bonds. The van der Waals surface area contributed by atoms with Gasteiger partial charge in [-0.3, -0.25) is 9.59 Å². The molecule has 1 aromatic carbocycles. The second-order valence-corrected chi connectivity index (χ2v) is 8.65. The Morgan fingerprint density at radius 3 is 2.57 bits per heavy atom. The van der Waals surface area contributed by atoms with Crippen LogP contribution in [0.25, 0.3) is 0 Å². The third-order valence-corrected chi connectivity index (χ3v) is 6.59. The normalized spacial score (nSPS) is 24.4. The van der Waals surface area contributed by atoms with Crippen molar-refractivity contribution in [2.75, 3.05) is 37.6 Å². The van der Waals surface area contributed by atoms with Crippen molar-refractivity contribution in [3.63, 3.8) is 0 Å². The van der Waals surface area contributed by atoms with Gasteiger partial charge in [0, 0.05) is 62.5 Å². The summed E-state index contributed by atoms with van der Waals surface area (Å²) < 4.78 is 0. The molecule has 3 aliphatic heterocycles. The summed E-state index contributed by atoms with van der Waals surface area (Å²) in [5.41, 5.74) is 2.05. The molecule has 0 unspecified atom stereocenters. The van der Waals surface area contributed by atoms with E-state index in [2.05, 4.69) is 27.7 Å². The Morgan fingerprint density at radius 2 is 1.86 bits per heavy atom. The van der Waals surface area contributed by atoms with Gasteiger partial charge in [0.2, 0.25) is 5.91 Å². The average molecular weight is 385 g/mol. The minimum Gasteiger partial charge on any atom is -0.372 e. The van der Waals surface area contributed by atoms with Gasteiger partial charge in [0.25, 0.3) is 5.91 Å². The number of nitrogens with zero attached hydrogens (tertiary/aromatic N) is 2. The average Bonchev–Trinajstić information content (AvgIpc) is 3.10. The monoisotopic (exact) mass is 384 g/mol. The third-order valence-electron chi connectivity index (χ3n) is 6.59. The maximum Gasteiger partial charge on any atom is 0.253 e. The van der Waals surface area contributed by atoms with Crippen molar-refractivity contribution in [2.24, 2.45) is 0 Å². The van der Waals surface area contributed by atoms with Gasteiger partial charge in [-0.15, -0.1) is 0 Å². The number of nitrogens with one attached hydrogen (secondary N) is 2. The second-order valence-electron chi connectivity index (χ2n) is 8.65. The predicted molar refractivity (Wildman–Crippen MR) is 111 cm³/mol. The highest BCUT2D eigenvalue weighted by Gasteiger charge is 2.42. The zero-order chi connectivity index (χ0) is 19.6. The quantitative estimate of drug-likeness (QED) is 0.838. The van der Waals surface area contributed by atoms with E-state index < -0.39 is 0 Å². The molecule has 0 saturated carbocycles. The summed E-state index contributed by atoms with van der Waals surface area (Å²) >= 11 is 0. The van der Waals surface area contributed by atoms with Crippen LogP contribution in [0.3, 0.4) is 0 Å². The predicted octanol–water partition coefficient (Wildman–Crippen LogP) is 2.15. The molecule has 28 heavy (non-hydrogen) atoms. The van der Waals surface area contributed by atoms with Crippen LogP contribution in [0, 0.1) is 0 Å². The van der Waals surface area contributed by atoms with Gasteiger partial charge in [-0.05, 0) is 56.7 Å². The van der Waals surface area contributed by atoms with Gasteiger partial charge < -0.3 is 20.4 Å². The number of carbonyl (C=O) groups excluding carboxylic acids is 2. The number of hydrogen-bond donors (Lipinski definition) is 2. The summed E-state index contributed by atoms with van der Waals surface area (Å²) in [7, 11) is 0. The largest absolute Gasteiger partial charge is 0.372 e. The van der Waals surface area contributed by atoms with Crippen molar-refractivity contribution in [1.82, 2.24) is 15.5 Å². The molecule has 0 bridgehead atoms. The molecule has 0 aromatic heterocycles. The molecule has 4 rings (SSSR count). The highest BCUT2D eigenvalue weighted by Crippen LogP contribution is 2.32. The van der Waals surface area contributed by atoms with Crippen molar-refractivity contribution < 1.29 is 9.59 Å². The van der Waals surface area contributed by atoms with E-state index in [0.717, 1.165) is 57.5 Å². The minimum atomic E-state index is 0.0325. The number of hydrogen-bond acceptors (Lipinski definition) is 4. The molecule has 2 N–H and O–H groups in total. The molecule has 3 aliphatic rings. The first-order valence-electron chi connectivity index (χ1n) is 10.7. The van der Waals surface area contributed by atoms with Crippen molar-refractivity contribution in [3.8, 4) is 0 Å². The smallest absolute Gasteiger partial charge is 0.253 e. The van der Waals surface area contributed by atoms with Crippen LogP contribution >= 0.6 is 0 Å². The highest BCUT2D eigenvalue weighted by molar-refractivity contribution is 5.95. The zero-order valence-electron chi connectivity index (χ0n) is 16.9. The molecule has 0 aliphatic carbocycles. The Bertz CT molecular complexity index is 721. The van der Waals surface area contributed by atoms with E-state index in [9.17, 15) is 9.59 Å². The fourth-order valence-corrected chi connectivity index (χ4v) is 5.03. The number of amides is 2. The van der Waals surface area contributed by atoms with Crippen LogP contribution in [0.2, 0.25) is 0 Å². The Morgan fingerprint density at radius 1 is 1.11 bits per heavy atom. The molecule has 3 fully saturated rings. The highest BCUT2D eigenvalue weighted by atomic mass is 16.2. The van der Waals surface area contributed by atoms with Gasteiger partial charge >= 0.3 is 0 Å². The van der Waals surface area contributed by atoms with Gasteiger partial charge in [0.15, 0.2) is 0 Å². The Labute approximate surface area is 167 Å². The van der Waals surface area contributed by atoms with Crippen LogP contribution in [0.4, 0.5) is 5.69 Å². The standard InChI is InChI=1S/C22H32N4O2/c1-17(27)24-19-15-22(23-16-19)8-12-26(13-9-22)21(28)18-6-5-7-20(14-18)25-10-3-2-4-11-25/h5-7,14,19,23H,2-4,8-13,15-16H2,1H3,(H,24,27)/t19-/m1/s1. The van der Waals surface area contributed by atoms with Crippen LogP contribution in [-0.4, -0.2) is 61.0 Å². The second kappa shape index (κ2) is 8.11. The van der Waals surface area contributed by atoms with Crippen molar-refractivity contribution in [3.05, 3.63) is 29.8 Å². The molecule has 6 heteroatoms. The maximum absolute atomic E-state index is 13.1. The number of anilines is 1. The van der Waals surface area contributed by atoms with Gasteiger partial charge in [-0.25, -0.2) is 0 Å². The van der Waals surface area contributed by atoms with Crippen LogP contribution in [0.15, 0.2) is 24.3 Å². The lowest BCUT2D eigenvalue weighted by Gasteiger charge is -2.39. The third kappa shape index (κ3) is 4.17. The lowest BCUT2D eigenvalue weighted by atomic mass is 9.85. The fraction of sp³-hybridized carbons (Fsp3) is 0.636. The molecular formula is C22H32N4O2. The molecule has 1 spiro atoms. The van der Waals surface area contributed by atoms with E-state index in [1.54, 1.807) is 6.92 Å². The number of benzene rings is 1. The van der Waals surface area contributed by atoms with E-state index >= 15 is 0 Å². The van der Waals surface area contributed by atoms with Gasteiger partial charge in [0.05, 0.1) is 0 Å². The summed E-state index contributed by atoms with van der Waals surface area (Å²) in [5, 5.41) is 6.64. The molecule has 3 heterocycles. The topological polar surface area (TPSA) is 64.7 Å². The SMILES string of the molecule is CC(=O)N[C@H]1CNC2(CCN(C(=O)c3cccc(N4CCCCC4)c3)CC2)C1. The molecule has 152 valence electrons. The van der Waals surface area contributed by atoms with Crippen molar-refractivity contribution >= 4 is 17.5 Å². The Hall–Kier alpha value is -2.08. The van der Waals surface area contributed by atoms with Crippen molar-refractivity contribution in [1.29, 1.82) is 0 Å². The summed E-state index contributed by atoms with van der Waals surface area (Å²) in [6.45, 7) is 6.12. The maximum atomic E-state index is 13.1. The molecule has 6 nitrogen and oxygen atoms in total. The Balaban J connectivity index is 1.36. The molecule has 0 radical (unpaired) electrons. The van der Waals surface area contributed by atoms with Crippen LogP contribution in [-0.2, 0) is 4.79 Å². The van der Waals surface area contributed by atoms with Crippen LogP contribution < -0.4 is 15.5 Å². The first kappa shape index (κ1) is 19.2. The minimum absolute atomic E-state index is 0.0325. The van der Waals surface area contributed by atoms with E-state index in [1.807, 2.05) is 17.0 Å². The summed E-state index contributed by atoms with van der Waals surface area (Å²) in [4.78, 5) is 28.8. The molecular weight excluding hydrogens is 352 g/mol. The molecule has 1 atom stereocenters. The lowest BCUT2D eigenvalue weighted by molar-refractivity contribution is -0.119. The Kier molecular flexibility index (Phi) is 5.58. The lowest BCUT2D eigenvalue weighted by Crippen LogP contribution is -2.51. The van der Waals surface area contributed by atoms with E-state index in [1.165, 1.54) is 24.9 Å². The summed E-state index contributed by atoms with van der Waals surface area (Å²) in [6, 6.07) is 8.36. The zero-order valence-corrected chi connectivity index (χ0v) is 16.9. The number of piperidine rings is 2.